The highest BCUT2D eigenvalue weighted by Gasteiger charge is 2.54. The van der Waals surface area contributed by atoms with Gasteiger partial charge in [0.25, 0.3) is 11.6 Å². The van der Waals surface area contributed by atoms with Crippen molar-refractivity contribution in [1.82, 2.24) is 15.1 Å². The van der Waals surface area contributed by atoms with Crippen molar-refractivity contribution in [3.8, 4) is 0 Å². The van der Waals surface area contributed by atoms with E-state index in [1.807, 2.05) is 22.4 Å². The van der Waals surface area contributed by atoms with Gasteiger partial charge in [0.2, 0.25) is 5.91 Å². The number of carbonyl (C=O) groups is 4. The van der Waals surface area contributed by atoms with Gasteiger partial charge in [-0.05, 0) is 59.7 Å². The molecule has 1 aromatic carbocycles. The Morgan fingerprint density at radius 3 is 2.49 bits per heavy atom. The molecule has 0 spiro atoms. The Balaban J connectivity index is 1.41. The number of nitrogens with zero attached hydrogens (tertiary/aromatic N) is 3. The zero-order valence-corrected chi connectivity index (χ0v) is 27.3. The zero-order valence-electron chi connectivity index (χ0n) is 24.1. The van der Waals surface area contributed by atoms with Crippen molar-refractivity contribution < 1.29 is 38.3 Å². The van der Waals surface area contributed by atoms with Crippen molar-refractivity contribution in [1.29, 1.82) is 0 Å². The van der Waals surface area contributed by atoms with Crippen molar-refractivity contribution >= 4 is 67.8 Å². The Labute approximate surface area is 275 Å². The maximum absolute atomic E-state index is 13.8. The summed E-state index contributed by atoms with van der Waals surface area (Å²) >= 11 is 5.61. The molecule has 1 N–H and O–H groups in total. The number of alkyl halides is 1. The molecule has 3 aliphatic rings. The first-order chi connectivity index (χ1) is 21.7. The van der Waals surface area contributed by atoms with E-state index >= 15 is 0 Å². The molecule has 13 nitrogen and oxygen atoms in total. The second-order valence-electron chi connectivity index (χ2n) is 10.6. The molecule has 2 aliphatic heterocycles. The number of nitro benzene ring substituents is 1. The number of benzene rings is 1. The first-order valence-corrected chi connectivity index (χ1v) is 17.1. The molecule has 45 heavy (non-hydrogen) atoms. The monoisotopic (exact) mass is 722 g/mol. The smallest absolute Gasteiger partial charge is 0.369 e. The van der Waals surface area contributed by atoms with Crippen LogP contribution in [0.25, 0.3) is 0 Å². The maximum atomic E-state index is 13.8. The molecule has 3 fully saturated rings. The van der Waals surface area contributed by atoms with E-state index in [2.05, 4.69) is 21.2 Å². The van der Waals surface area contributed by atoms with Gasteiger partial charge in [-0.15, -0.1) is 11.3 Å². The Hall–Kier alpha value is -3.47. The topological polar surface area (TPSA) is 158 Å². The van der Waals surface area contributed by atoms with Gasteiger partial charge in [0.05, 0.1) is 36.9 Å². The van der Waals surface area contributed by atoms with Gasteiger partial charge >= 0.3 is 11.3 Å². The maximum Gasteiger partial charge on any atom is 0.369 e. The highest BCUT2D eigenvalue weighted by atomic mass is 79.9. The number of carbonyl (C=O) groups excluding carboxylic acids is 4. The molecule has 1 saturated carbocycles. The number of non-ortho nitro benzene ring substituents is 1. The average Bonchev–Trinajstić information content (AvgIpc) is 3.74. The van der Waals surface area contributed by atoms with E-state index in [4.69, 9.17) is 14.2 Å². The van der Waals surface area contributed by atoms with Crippen LogP contribution >= 0.6 is 39.0 Å². The van der Waals surface area contributed by atoms with Crippen molar-refractivity contribution in [2.45, 2.75) is 37.3 Å². The van der Waals surface area contributed by atoms with Crippen LogP contribution in [0.15, 0.2) is 53.2 Å². The second-order valence-corrected chi connectivity index (χ2v) is 13.2. The molecule has 2 atom stereocenters. The minimum atomic E-state index is -1.09. The van der Waals surface area contributed by atoms with E-state index in [1.165, 1.54) is 40.5 Å². The van der Waals surface area contributed by atoms with Crippen LogP contribution in [-0.4, -0.2) is 87.5 Å². The van der Waals surface area contributed by atoms with E-state index in [0.717, 1.165) is 29.5 Å². The summed E-state index contributed by atoms with van der Waals surface area (Å²) in [5.74, 6) is -1.48. The van der Waals surface area contributed by atoms with Crippen molar-refractivity contribution in [3.63, 3.8) is 0 Å². The predicted molar refractivity (Wildman–Crippen MR) is 168 cm³/mol. The summed E-state index contributed by atoms with van der Waals surface area (Å²) in [5, 5.41) is 14.2. The molecule has 2 aromatic rings. The number of thiophene rings is 1. The standard InChI is InChI=1S/C29H31BrN4O9S2/c30-15-22(32-9-11-41-12-10-32)25(28(37)42-16-19-5-7-20(8-6-19)34(39)40)33-26(36)24(31-23(35)14-21-2-1-13-44-21)27(33)45-29(38)43-17-18-3-4-18/h1-2,5-8,13,18,24,27H,3-4,9-12,14-17H2,(H,31,35). The summed E-state index contributed by atoms with van der Waals surface area (Å²) in [4.78, 5) is 67.9. The number of likely N-dealkylation sites (tertiary alicyclic amines) is 1. The Kier molecular flexibility index (Phi) is 11.1. The highest BCUT2D eigenvalue weighted by molar-refractivity contribution is 9.09. The van der Waals surface area contributed by atoms with Crippen LogP contribution in [0.2, 0.25) is 0 Å². The van der Waals surface area contributed by atoms with Crippen molar-refractivity contribution in [3.05, 3.63) is 73.7 Å². The lowest BCUT2D eigenvalue weighted by molar-refractivity contribution is -0.384. The van der Waals surface area contributed by atoms with Crippen LogP contribution in [-0.2, 0) is 41.6 Å². The average molecular weight is 724 g/mol. The Morgan fingerprint density at radius 2 is 1.87 bits per heavy atom. The summed E-state index contributed by atoms with van der Waals surface area (Å²) in [6, 6.07) is 8.11. The largest absolute Gasteiger partial charge is 0.457 e. The van der Waals surface area contributed by atoms with Crippen molar-refractivity contribution in [2.24, 2.45) is 5.92 Å². The number of thioether (sulfide) groups is 1. The molecule has 2 unspecified atom stereocenters. The Morgan fingerprint density at radius 1 is 1.13 bits per heavy atom. The Bertz CT molecular complexity index is 1440. The third-order valence-corrected chi connectivity index (χ3v) is 9.81. The van der Waals surface area contributed by atoms with Crippen LogP contribution in [0.4, 0.5) is 10.5 Å². The number of rotatable bonds is 13. The van der Waals surface area contributed by atoms with E-state index in [-0.39, 0.29) is 36.3 Å². The molecular formula is C29H31BrN4O9S2. The number of nitrogens with one attached hydrogen (secondary N) is 1. The number of amides is 2. The number of ether oxygens (including phenoxy) is 3. The lowest BCUT2D eigenvalue weighted by atomic mass is 10.0. The normalized spacial score (nSPS) is 20.2. The van der Waals surface area contributed by atoms with Gasteiger partial charge in [-0.1, -0.05) is 22.0 Å². The molecule has 0 radical (unpaired) electrons. The predicted octanol–water partition coefficient (Wildman–Crippen LogP) is 3.81. The van der Waals surface area contributed by atoms with Gasteiger partial charge in [-0.25, -0.2) is 9.59 Å². The quantitative estimate of drug-likeness (QED) is 0.0801. The van der Waals surface area contributed by atoms with E-state index in [1.54, 1.807) is 0 Å². The van der Waals surface area contributed by atoms with Gasteiger partial charge in [0.15, 0.2) is 5.70 Å². The number of β-lactam (4-membered cyclic amide) rings is 1. The first kappa shape index (κ1) is 32.9. The summed E-state index contributed by atoms with van der Waals surface area (Å²) < 4.78 is 16.6. The zero-order chi connectivity index (χ0) is 31.9. The molecule has 1 aromatic heterocycles. The number of hydrogen-bond donors (Lipinski definition) is 1. The molecule has 5 rings (SSSR count). The number of allylic oxidation sites excluding steroid dienone is 1. The summed E-state index contributed by atoms with van der Waals surface area (Å²) in [6.45, 7) is 1.76. The molecule has 2 saturated heterocycles. The number of morpholine rings is 1. The number of hydrogen-bond acceptors (Lipinski definition) is 12. The minimum Gasteiger partial charge on any atom is -0.457 e. The van der Waals surface area contributed by atoms with E-state index in [0.29, 0.717) is 43.5 Å². The third-order valence-electron chi connectivity index (χ3n) is 7.37. The molecule has 16 heteroatoms. The van der Waals surface area contributed by atoms with Crippen molar-refractivity contribution in [2.75, 3.05) is 38.2 Å². The molecule has 3 heterocycles. The fourth-order valence-corrected chi connectivity index (χ4v) is 7.06. The van der Waals surface area contributed by atoms with Gasteiger partial charge < -0.3 is 24.4 Å². The van der Waals surface area contributed by atoms with Crippen LogP contribution in [0.3, 0.4) is 0 Å². The highest BCUT2D eigenvalue weighted by Crippen LogP contribution is 2.38. The van der Waals surface area contributed by atoms with Gasteiger partial charge in [-0.2, -0.15) is 0 Å². The van der Waals surface area contributed by atoms with Crippen LogP contribution in [0.1, 0.15) is 23.3 Å². The number of esters is 1. The molecule has 2 amide bonds. The number of halogens is 1. The SMILES string of the molecule is O=C(Cc1cccs1)NC1C(=O)N(C(C(=O)OCc2ccc([N+](=O)[O-])cc2)=C(CBr)N2CCOCC2)C1SC(=O)OCC1CC1. The first-order valence-electron chi connectivity index (χ1n) is 14.3. The molecule has 240 valence electrons. The lowest BCUT2D eigenvalue weighted by Crippen LogP contribution is -2.70. The van der Waals surface area contributed by atoms with Crippen LogP contribution < -0.4 is 5.32 Å². The molecule has 1 aliphatic carbocycles. The van der Waals surface area contributed by atoms with Gasteiger partial charge in [-0.3, -0.25) is 24.6 Å². The fraction of sp³-hybridized carbons (Fsp3) is 0.448. The van der Waals surface area contributed by atoms with E-state index in [9.17, 15) is 29.3 Å². The summed E-state index contributed by atoms with van der Waals surface area (Å²) in [5.41, 5.74) is 0.784. The second kappa shape index (κ2) is 15.2. The van der Waals surface area contributed by atoms with Crippen LogP contribution in [0, 0.1) is 16.0 Å². The molecular weight excluding hydrogens is 692 g/mol. The summed E-state index contributed by atoms with van der Waals surface area (Å²) in [6.07, 6.45) is 2.02. The lowest BCUT2D eigenvalue weighted by Gasteiger charge is -2.47. The third kappa shape index (κ3) is 8.42. The van der Waals surface area contributed by atoms with Crippen LogP contribution in [0.5, 0.6) is 0 Å². The van der Waals surface area contributed by atoms with Gasteiger partial charge in [0.1, 0.15) is 18.0 Å². The van der Waals surface area contributed by atoms with E-state index < -0.39 is 39.4 Å². The summed E-state index contributed by atoms with van der Waals surface area (Å²) in [7, 11) is 0. The fourth-order valence-electron chi connectivity index (χ4n) is 4.77. The minimum absolute atomic E-state index is 0.0609. The number of nitro groups is 1. The van der Waals surface area contributed by atoms with Gasteiger partial charge in [0, 0.05) is 35.4 Å². The molecule has 0 bridgehead atoms.